The maximum absolute atomic E-state index is 13.1. The van der Waals surface area contributed by atoms with Crippen molar-refractivity contribution in [2.24, 2.45) is 5.92 Å². The van der Waals surface area contributed by atoms with Gasteiger partial charge in [-0.2, -0.15) is 0 Å². The van der Waals surface area contributed by atoms with Gasteiger partial charge >= 0.3 is 0 Å². The van der Waals surface area contributed by atoms with E-state index in [9.17, 15) is 4.39 Å². The number of likely N-dealkylation sites (tertiary alicyclic amines) is 1. The first kappa shape index (κ1) is 15.5. The van der Waals surface area contributed by atoms with E-state index in [0.29, 0.717) is 17.7 Å². The normalized spacial score (nSPS) is 22.6. The second-order valence-corrected chi connectivity index (χ2v) is 6.39. The van der Waals surface area contributed by atoms with Crippen LogP contribution in [0.4, 0.5) is 4.39 Å². The first-order valence-corrected chi connectivity index (χ1v) is 8.37. The van der Waals surface area contributed by atoms with Crippen molar-refractivity contribution in [2.75, 3.05) is 19.0 Å². The number of nitrogens with zero attached hydrogens (tertiary/aromatic N) is 1. The maximum Gasteiger partial charge on any atom is 0.123 e. The Kier molecular flexibility index (Phi) is 5.12. The third-order valence-electron chi connectivity index (χ3n) is 4.56. The van der Waals surface area contributed by atoms with Crippen LogP contribution in [0.3, 0.4) is 0 Å². The molecule has 22 heavy (non-hydrogen) atoms. The molecule has 0 amide bonds. The lowest BCUT2D eigenvalue weighted by atomic mass is 9.81. The van der Waals surface area contributed by atoms with Crippen LogP contribution in [0.15, 0.2) is 54.6 Å². The number of benzene rings is 2. The van der Waals surface area contributed by atoms with E-state index in [4.69, 9.17) is 11.6 Å². The molecule has 3 rings (SSSR count). The highest BCUT2D eigenvalue weighted by Crippen LogP contribution is 2.34. The molecule has 0 N–H and O–H groups in total. The number of alkyl halides is 1. The molecule has 0 aromatic heterocycles. The largest absolute Gasteiger partial charge is 0.299 e. The summed E-state index contributed by atoms with van der Waals surface area (Å²) in [6, 6.07) is 17.5. The fourth-order valence-electron chi connectivity index (χ4n) is 3.40. The van der Waals surface area contributed by atoms with Crippen LogP contribution in [0.1, 0.15) is 23.5 Å². The highest BCUT2D eigenvalue weighted by Gasteiger charge is 2.29. The predicted octanol–water partition coefficient (Wildman–Crippen LogP) is 4.67. The molecule has 1 saturated heterocycles. The summed E-state index contributed by atoms with van der Waals surface area (Å²) in [5.74, 6) is 1.33. The summed E-state index contributed by atoms with van der Waals surface area (Å²) in [5, 5.41) is 0. The number of hydrogen-bond acceptors (Lipinski definition) is 1. The molecule has 1 aliphatic heterocycles. The van der Waals surface area contributed by atoms with Crippen LogP contribution < -0.4 is 0 Å². The summed E-state index contributed by atoms with van der Waals surface area (Å²) in [4.78, 5) is 2.47. The highest BCUT2D eigenvalue weighted by atomic mass is 35.5. The van der Waals surface area contributed by atoms with Gasteiger partial charge in [0.15, 0.2) is 0 Å². The van der Waals surface area contributed by atoms with Crippen LogP contribution in [0.2, 0.25) is 0 Å². The van der Waals surface area contributed by atoms with Crippen molar-refractivity contribution in [3.8, 4) is 0 Å². The average Bonchev–Trinajstić information content (AvgIpc) is 2.56. The third kappa shape index (κ3) is 3.68. The molecule has 0 aliphatic carbocycles. The summed E-state index contributed by atoms with van der Waals surface area (Å²) in [6.45, 7) is 3.04. The van der Waals surface area contributed by atoms with Gasteiger partial charge in [0.1, 0.15) is 5.82 Å². The van der Waals surface area contributed by atoms with Crippen molar-refractivity contribution in [1.29, 1.82) is 0 Å². The van der Waals surface area contributed by atoms with Crippen LogP contribution in [0.25, 0.3) is 0 Å². The lowest BCUT2D eigenvalue weighted by Crippen LogP contribution is -2.39. The van der Waals surface area contributed by atoms with Gasteiger partial charge in [0.25, 0.3) is 0 Å². The monoisotopic (exact) mass is 317 g/mol. The van der Waals surface area contributed by atoms with Gasteiger partial charge in [-0.15, -0.1) is 11.6 Å². The topological polar surface area (TPSA) is 3.24 Å². The van der Waals surface area contributed by atoms with Crippen molar-refractivity contribution in [1.82, 2.24) is 4.90 Å². The molecule has 116 valence electrons. The Morgan fingerprint density at radius 3 is 2.45 bits per heavy atom. The van der Waals surface area contributed by atoms with Gasteiger partial charge in [-0.25, -0.2) is 4.39 Å². The van der Waals surface area contributed by atoms with E-state index in [-0.39, 0.29) is 5.82 Å². The van der Waals surface area contributed by atoms with Gasteiger partial charge < -0.3 is 0 Å². The molecule has 0 bridgehead atoms. The molecule has 0 spiro atoms. The number of rotatable bonds is 4. The Labute approximate surface area is 136 Å². The van der Waals surface area contributed by atoms with E-state index >= 15 is 0 Å². The Hall–Kier alpha value is -1.38. The second kappa shape index (κ2) is 7.26. The molecule has 0 unspecified atom stereocenters. The Morgan fingerprint density at radius 1 is 1.05 bits per heavy atom. The first-order chi connectivity index (χ1) is 10.8. The summed E-state index contributed by atoms with van der Waals surface area (Å²) in [6.07, 6.45) is 1.08. The van der Waals surface area contributed by atoms with E-state index in [1.165, 1.54) is 11.1 Å². The molecule has 2 aromatic carbocycles. The van der Waals surface area contributed by atoms with Crippen LogP contribution in [0.5, 0.6) is 0 Å². The highest BCUT2D eigenvalue weighted by molar-refractivity contribution is 6.18. The second-order valence-electron chi connectivity index (χ2n) is 6.08. The van der Waals surface area contributed by atoms with Crippen LogP contribution in [-0.2, 0) is 6.54 Å². The molecule has 3 heteroatoms. The minimum absolute atomic E-state index is 0.173. The van der Waals surface area contributed by atoms with Gasteiger partial charge in [-0.1, -0.05) is 42.5 Å². The van der Waals surface area contributed by atoms with Crippen molar-refractivity contribution in [3.63, 3.8) is 0 Å². The van der Waals surface area contributed by atoms with E-state index in [1.54, 1.807) is 12.1 Å². The van der Waals surface area contributed by atoms with Gasteiger partial charge in [0.05, 0.1) is 0 Å². The zero-order valence-corrected chi connectivity index (χ0v) is 13.3. The average molecular weight is 318 g/mol. The number of hydrogen-bond donors (Lipinski definition) is 0. The van der Waals surface area contributed by atoms with Crippen LogP contribution >= 0.6 is 11.6 Å². The Balaban J connectivity index is 1.67. The minimum Gasteiger partial charge on any atom is -0.299 e. The zero-order valence-electron chi connectivity index (χ0n) is 12.6. The molecule has 1 fully saturated rings. The Morgan fingerprint density at radius 2 is 1.77 bits per heavy atom. The van der Waals surface area contributed by atoms with Crippen molar-refractivity contribution < 1.29 is 4.39 Å². The molecule has 1 heterocycles. The summed E-state index contributed by atoms with van der Waals surface area (Å²) in [7, 11) is 0. The number of halogens is 2. The molecule has 2 atom stereocenters. The van der Waals surface area contributed by atoms with Crippen molar-refractivity contribution in [3.05, 3.63) is 71.5 Å². The summed E-state index contributed by atoms with van der Waals surface area (Å²) < 4.78 is 13.1. The minimum atomic E-state index is -0.173. The predicted molar refractivity (Wildman–Crippen MR) is 89.7 cm³/mol. The molecule has 1 aliphatic rings. The standard InChI is InChI=1S/C19H21ClFN/c20-12-17-14-22(13-15-4-2-1-3-5-15)11-10-19(17)16-6-8-18(21)9-7-16/h1-9,17,19H,10-14H2/t17-,19-/m0/s1. The van der Waals surface area contributed by atoms with Crippen LogP contribution in [-0.4, -0.2) is 23.9 Å². The molecular formula is C19H21ClFN. The van der Waals surface area contributed by atoms with Gasteiger partial charge in [-0.3, -0.25) is 4.90 Å². The zero-order chi connectivity index (χ0) is 15.4. The number of piperidine rings is 1. The molecule has 1 nitrogen and oxygen atoms in total. The fourth-order valence-corrected chi connectivity index (χ4v) is 3.71. The molecule has 0 saturated carbocycles. The summed E-state index contributed by atoms with van der Waals surface area (Å²) in [5.41, 5.74) is 2.56. The quantitative estimate of drug-likeness (QED) is 0.741. The van der Waals surface area contributed by atoms with Crippen LogP contribution in [0, 0.1) is 11.7 Å². The SMILES string of the molecule is Fc1ccc([C@@H]2CCN(Cc3ccccc3)C[C@@H]2CCl)cc1. The fraction of sp³-hybridized carbons (Fsp3) is 0.368. The van der Waals surface area contributed by atoms with E-state index in [2.05, 4.69) is 29.2 Å². The molecule has 0 radical (unpaired) electrons. The molecule has 2 aromatic rings. The third-order valence-corrected chi connectivity index (χ3v) is 4.96. The lowest BCUT2D eigenvalue weighted by molar-refractivity contribution is 0.158. The Bertz CT molecular complexity index is 584. The molecular weight excluding hydrogens is 297 g/mol. The van der Waals surface area contributed by atoms with Gasteiger partial charge in [-0.05, 0) is 48.1 Å². The lowest BCUT2D eigenvalue weighted by Gasteiger charge is -2.38. The van der Waals surface area contributed by atoms with Gasteiger partial charge in [0, 0.05) is 19.0 Å². The van der Waals surface area contributed by atoms with Gasteiger partial charge in [0.2, 0.25) is 0 Å². The smallest absolute Gasteiger partial charge is 0.123 e. The van der Waals surface area contributed by atoms with E-state index in [0.717, 1.165) is 26.1 Å². The van der Waals surface area contributed by atoms with E-state index in [1.807, 2.05) is 18.2 Å². The first-order valence-electron chi connectivity index (χ1n) is 7.84. The maximum atomic E-state index is 13.1. The van der Waals surface area contributed by atoms with E-state index < -0.39 is 0 Å². The van der Waals surface area contributed by atoms with Crippen molar-refractivity contribution in [2.45, 2.75) is 18.9 Å². The van der Waals surface area contributed by atoms with Crippen molar-refractivity contribution >= 4 is 11.6 Å². The summed E-state index contributed by atoms with van der Waals surface area (Å²) >= 11 is 6.22.